The Balaban J connectivity index is 1.69. The third-order valence-corrected chi connectivity index (χ3v) is 2.91. The van der Waals surface area contributed by atoms with E-state index < -0.39 is 0 Å². The van der Waals surface area contributed by atoms with Crippen LogP contribution in [0.3, 0.4) is 0 Å². The Hall–Kier alpha value is 0.270. The topological polar surface area (TPSA) is 15.8 Å². The highest BCUT2D eigenvalue weighted by atomic mass is 32.2. The van der Waals surface area contributed by atoms with Crippen LogP contribution in [0, 0.1) is 0 Å². The molecule has 2 saturated heterocycles. The van der Waals surface area contributed by atoms with Crippen LogP contribution in [-0.4, -0.2) is 48.8 Å². The summed E-state index contributed by atoms with van der Waals surface area (Å²) in [7, 11) is 0. The molecule has 2 aliphatic rings. The fourth-order valence-corrected chi connectivity index (χ4v) is 2.22. The van der Waals surface area contributed by atoms with Crippen LogP contribution in [-0.2, 0) is 4.74 Å². The molecule has 0 N–H and O–H groups in total. The van der Waals surface area contributed by atoms with Gasteiger partial charge in [0.15, 0.2) is 0 Å². The van der Waals surface area contributed by atoms with Crippen LogP contribution < -0.4 is 0 Å². The molecular formula is C7H13NOS. The Kier molecular flexibility index (Phi) is 2.16. The molecule has 2 rings (SSSR count). The van der Waals surface area contributed by atoms with E-state index in [0.717, 1.165) is 6.61 Å². The monoisotopic (exact) mass is 159 g/mol. The van der Waals surface area contributed by atoms with Crippen molar-refractivity contribution in [3.8, 4) is 0 Å². The van der Waals surface area contributed by atoms with Crippen molar-refractivity contribution in [3.05, 3.63) is 0 Å². The molecular weight excluding hydrogens is 146 g/mol. The Morgan fingerprint density at radius 3 is 2.70 bits per heavy atom. The molecule has 1 atom stereocenters. The summed E-state index contributed by atoms with van der Waals surface area (Å²) in [5, 5.41) is 0. The summed E-state index contributed by atoms with van der Waals surface area (Å²) in [6.45, 7) is 4.72. The summed E-state index contributed by atoms with van der Waals surface area (Å²) in [4.78, 5) is 2.51. The van der Waals surface area contributed by atoms with Gasteiger partial charge in [0.2, 0.25) is 0 Å². The van der Waals surface area contributed by atoms with Gasteiger partial charge in [-0.25, -0.2) is 0 Å². The highest BCUT2D eigenvalue weighted by molar-refractivity contribution is 7.99. The lowest BCUT2D eigenvalue weighted by atomic mass is 10.4. The molecule has 2 fully saturated rings. The predicted molar refractivity (Wildman–Crippen MR) is 43.5 cm³/mol. The standard InChI is InChI=1S/C7H13NOS/c1-3-10-4-2-8(1)5-7-6-9-7/h7H,1-6H2/t7-/m0/s1. The van der Waals surface area contributed by atoms with Crippen molar-refractivity contribution in [1.29, 1.82) is 0 Å². The SMILES string of the molecule is C1CN(C[C@H]2CO2)CCS1. The van der Waals surface area contributed by atoms with Crippen molar-refractivity contribution in [3.63, 3.8) is 0 Å². The van der Waals surface area contributed by atoms with Gasteiger partial charge >= 0.3 is 0 Å². The molecule has 0 radical (unpaired) electrons. The van der Waals surface area contributed by atoms with Crippen LogP contribution in [0.25, 0.3) is 0 Å². The van der Waals surface area contributed by atoms with Crippen molar-refractivity contribution in [2.75, 3.05) is 37.7 Å². The normalized spacial score (nSPS) is 34.2. The first-order valence-corrected chi connectivity index (χ1v) is 5.02. The number of ether oxygens (including phenoxy) is 1. The molecule has 0 saturated carbocycles. The van der Waals surface area contributed by atoms with Crippen LogP contribution in [0.1, 0.15) is 0 Å². The minimum absolute atomic E-state index is 0.586. The Labute approximate surface area is 65.9 Å². The van der Waals surface area contributed by atoms with Crippen LogP contribution >= 0.6 is 11.8 Å². The minimum atomic E-state index is 0.586. The van der Waals surface area contributed by atoms with Gasteiger partial charge < -0.3 is 4.74 Å². The molecule has 10 heavy (non-hydrogen) atoms. The molecule has 0 amide bonds. The number of thioether (sulfide) groups is 1. The lowest BCUT2D eigenvalue weighted by Crippen LogP contribution is -2.35. The van der Waals surface area contributed by atoms with Gasteiger partial charge in [-0.1, -0.05) is 0 Å². The number of hydrogen-bond acceptors (Lipinski definition) is 3. The molecule has 2 aliphatic heterocycles. The van der Waals surface area contributed by atoms with E-state index in [1.165, 1.54) is 31.1 Å². The molecule has 0 aromatic rings. The molecule has 0 bridgehead atoms. The maximum Gasteiger partial charge on any atom is 0.0936 e. The number of hydrogen-bond donors (Lipinski definition) is 0. The van der Waals surface area contributed by atoms with Gasteiger partial charge in [-0.2, -0.15) is 11.8 Å². The fourth-order valence-electron chi connectivity index (χ4n) is 1.25. The quantitative estimate of drug-likeness (QED) is 0.544. The molecule has 0 aromatic heterocycles. The zero-order chi connectivity index (χ0) is 6.81. The molecule has 2 nitrogen and oxygen atoms in total. The zero-order valence-electron chi connectivity index (χ0n) is 6.08. The van der Waals surface area contributed by atoms with E-state index in [-0.39, 0.29) is 0 Å². The molecule has 0 aliphatic carbocycles. The Morgan fingerprint density at radius 2 is 2.10 bits per heavy atom. The predicted octanol–water partition coefficient (Wildman–Crippen LogP) is 0.434. The second-order valence-corrected chi connectivity index (χ2v) is 4.09. The van der Waals surface area contributed by atoms with Crippen LogP contribution in [0.2, 0.25) is 0 Å². The lowest BCUT2D eigenvalue weighted by Gasteiger charge is -2.24. The van der Waals surface area contributed by atoms with Crippen LogP contribution in [0.5, 0.6) is 0 Å². The van der Waals surface area contributed by atoms with Gasteiger partial charge in [0.1, 0.15) is 0 Å². The first-order chi connectivity index (χ1) is 4.95. The van der Waals surface area contributed by atoms with E-state index in [9.17, 15) is 0 Å². The molecule has 0 unspecified atom stereocenters. The average Bonchev–Trinajstić information content (AvgIpc) is 2.74. The first kappa shape index (κ1) is 6.95. The van der Waals surface area contributed by atoms with Crippen LogP contribution in [0.4, 0.5) is 0 Å². The van der Waals surface area contributed by atoms with E-state index in [1.807, 2.05) is 0 Å². The van der Waals surface area contributed by atoms with Crippen molar-refractivity contribution in [2.45, 2.75) is 6.10 Å². The average molecular weight is 159 g/mol. The summed E-state index contributed by atoms with van der Waals surface area (Å²) in [5.41, 5.74) is 0. The van der Waals surface area contributed by atoms with Crippen molar-refractivity contribution < 1.29 is 4.74 Å². The number of rotatable bonds is 2. The minimum Gasteiger partial charge on any atom is -0.372 e. The number of nitrogens with zero attached hydrogens (tertiary/aromatic N) is 1. The molecule has 0 spiro atoms. The third kappa shape index (κ3) is 1.87. The van der Waals surface area contributed by atoms with Crippen LogP contribution in [0.15, 0.2) is 0 Å². The summed E-state index contributed by atoms with van der Waals surface area (Å²) < 4.78 is 5.16. The van der Waals surface area contributed by atoms with Crippen molar-refractivity contribution in [1.82, 2.24) is 4.90 Å². The van der Waals surface area contributed by atoms with E-state index in [2.05, 4.69) is 16.7 Å². The lowest BCUT2D eigenvalue weighted by molar-refractivity contribution is 0.262. The van der Waals surface area contributed by atoms with Gasteiger partial charge in [-0.3, -0.25) is 4.90 Å². The Morgan fingerprint density at radius 1 is 1.40 bits per heavy atom. The largest absolute Gasteiger partial charge is 0.372 e. The second-order valence-electron chi connectivity index (χ2n) is 2.87. The molecule has 58 valence electrons. The highest BCUT2D eigenvalue weighted by Crippen LogP contribution is 2.14. The summed E-state index contributed by atoms with van der Waals surface area (Å²) in [5.74, 6) is 2.62. The van der Waals surface area contributed by atoms with Gasteiger partial charge in [0, 0.05) is 31.1 Å². The van der Waals surface area contributed by atoms with Gasteiger partial charge in [-0.15, -0.1) is 0 Å². The summed E-state index contributed by atoms with van der Waals surface area (Å²) in [6, 6.07) is 0. The molecule has 2 heterocycles. The smallest absolute Gasteiger partial charge is 0.0936 e. The zero-order valence-corrected chi connectivity index (χ0v) is 6.90. The van der Waals surface area contributed by atoms with E-state index in [1.54, 1.807) is 0 Å². The van der Waals surface area contributed by atoms with E-state index in [0.29, 0.717) is 6.10 Å². The molecule has 0 aromatic carbocycles. The number of epoxide rings is 1. The maximum atomic E-state index is 5.16. The Bertz CT molecular complexity index is 110. The van der Waals surface area contributed by atoms with E-state index in [4.69, 9.17) is 4.74 Å². The van der Waals surface area contributed by atoms with Gasteiger partial charge in [0.25, 0.3) is 0 Å². The highest BCUT2D eigenvalue weighted by Gasteiger charge is 2.25. The van der Waals surface area contributed by atoms with Crippen molar-refractivity contribution in [2.24, 2.45) is 0 Å². The second kappa shape index (κ2) is 3.11. The fraction of sp³-hybridized carbons (Fsp3) is 1.00. The summed E-state index contributed by atoms with van der Waals surface area (Å²) in [6.07, 6.45) is 0.586. The maximum absolute atomic E-state index is 5.16. The molecule has 3 heteroatoms. The van der Waals surface area contributed by atoms with E-state index >= 15 is 0 Å². The van der Waals surface area contributed by atoms with Gasteiger partial charge in [0.05, 0.1) is 12.7 Å². The van der Waals surface area contributed by atoms with Crippen molar-refractivity contribution >= 4 is 11.8 Å². The first-order valence-electron chi connectivity index (χ1n) is 3.87. The summed E-state index contributed by atoms with van der Waals surface area (Å²) >= 11 is 2.06. The third-order valence-electron chi connectivity index (χ3n) is 1.97. The van der Waals surface area contributed by atoms with Gasteiger partial charge in [-0.05, 0) is 0 Å².